The van der Waals surface area contributed by atoms with Crippen LogP contribution < -0.4 is 0 Å². The predicted molar refractivity (Wildman–Crippen MR) is 68.4 cm³/mol. The van der Waals surface area contributed by atoms with Gasteiger partial charge in [0.25, 0.3) is 0 Å². The average Bonchev–Trinajstić information content (AvgIpc) is 2.69. The zero-order chi connectivity index (χ0) is 12.1. The van der Waals surface area contributed by atoms with Crippen molar-refractivity contribution >= 4 is 12.0 Å². The summed E-state index contributed by atoms with van der Waals surface area (Å²) in [7, 11) is 0. The van der Waals surface area contributed by atoms with Crippen molar-refractivity contribution in [3.05, 3.63) is 41.5 Å². The van der Waals surface area contributed by atoms with E-state index in [1.54, 1.807) is 0 Å². The van der Waals surface area contributed by atoms with Gasteiger partial charge in [-0.1, -0.05) is 50.1 Å². The normalized spacial score (nSPS) is 21.8. The molecule has 0 amide bonds. The van der Waals surface area contributed by atoms with E-state index in [2.05, 4.69) is 6.92 Å². The fourth-order valence-electron chi connectivity index (χ4n) is 2.06. The van der Waals surface area contributed by atoms with Crippen molar-refractivity contribution in [3.8, 4) is 0 Å². The Morgan fingerprint density at radius 1 is 1.35 bits per heavy atom. The summed E-state index contributed by atoms with van der Waals surface area (Å²) in [5, 5.41) is 0. The molecule has 0 aliphatic carbocycles. The first-order chi connectivity index (χ1) is 8.29. The van der Waals surface area contributed by atoms with E-state index in [1.807, 2.05) is 36.4 Å². The average molecular weight is 230 g/mol. The summed E-state index contributed by atoms with van der Waals surface area (Å²) in [5.74, 6) is -0.144. The Morgan fingerprint density at radius 3 is 2.82 bits per heavy atom. The summed E-state index contributed by atoms with van der Waals surface area (Å²) in [6, 6.07) is 9.92. The lowest BCUT2D eigenvalue weighted by molar-refractivity contribution is -0.138. The Bertz CT molecular complexity index is 406. The molecule has 0 spiro atoms. The van der Waals surface area contributed by atoms with Crippen LogP contribution in [0, 0.1) is 0 Å². The van der Waals surface area contributed by atoms with Crippen LogP contribution in [0.5, 0.6) is 0 Å². The molecule has 1 fully saturated rings. The molecule has 0 aromatic heterocycles. The SMILES string of the molecule is CCCCC1C/C(=C\c2ccccc2)C(=O)O1. The molecule has 1 unspecified atom stereocenters. The molecule has 2 heteroatoms. The second-order valence-corrected chi connectivity index (χ2v) is 4.45. The topological polar surface area (TPSA) is 26.3 Å². The van der Waals surface area contributed by atoms with Crippen molar-refractivity contribution in [2.45, 2.75) is 38.7 Å². The minimum absolute atomic E-state index is 0.0948. The maximum atomic E-state index is 11.7. The fourth-order valence-corrected chi connectivity index (χ4v) is 2.06. The molecule has 1 heterocycles. The lowest BCUT2D eigenvalue weighted by Gasteiger charge is -2.05. The molecule has 1 aromatic rings. The number of hydrogen-bond donors (Lipinski definition) is 0. The van der Waals surface area contributed by atoms with Crippen molar-refractivity contribution in [1.29, 1.82) is 0 Å². The van der Waals surface area contributed by atoms with Crippen molar-refractivity contribution < 1.29 is 9.53 Å². The zero-order valence-electron chi connectivity index (χ0n) is 10.2. The van der Waals surface area contributed by atoms with Gasteiger partial charge in [-0.2, -0.15) is 0 Å². The lowest BCUT2D eigenvalue weighted by Crippen LogP contribution is -2.05. The molecule has 1 aliphatic rings. The summed E-state index contributed by atoms with van der Waals surface area (Å²) < 4.78 is 5.34. The van der Waals surface area contributed by atoms with Gasteiger partial charge < -0.3 is 4.74 Å². The van der Waals surface area contributed by atoms with Gasteiger partial charge in [0.05, 0.1) is 0 Å². The van der Waals surface area contributed by atoms with Crippen LogP contribution in [-0.2, 0) is 9.53 Å². The molecule has 17 heavy (non-hydrogen) atoms. The van der Waals surface area contributed by atoms with E-state index < -0.39 is 0 Å². The van der Waals surface area contributed by atoms with E-state index in [1.165, 1.54) is 0 Å². The molecule has 0 saturated carbocycles. The van der Waals surface area contributed by atoms with Crippen LogP contribution in [0.2, 0.25) is 0 Å². The first-order valence-electron chi connectivity index (χ1n) is 6.26. The van der Waals surface area contributed by atoms with Crippen molar-refractivity contribution in [3.63, 3.8) is 0 Å². The number of cyclic esters (lactones) is 1. The van der Waals surface area contributed by atoms with Crippen LogP contribution in [0.15, 0.2) is 35.9 Å². The van der Waals surface area contributed by atoms with Gasteiger partial charge in [-0.3, -0.25) is 0 Å². The summed E-state index contributed by atoms with van der Waals surface area (Å²) in [6.07, 6.45) is 6.04. The van der Waals surface area contributed by atoms with Gasteiger partial charge in [0.15, 0.2) is 0 Å². The second-order valence-electron chi connectivity index (χ2n) is 4.45. The third-order valence-electron chi connectivity index (χ3n) is 3.00. The van der Waals surface area contributed by atoms with Crippen LogP contribution >= 0.6 is 0 Å². The van der Waals surface area contributed by atoms with Gasteiger partial charge in [0.1, 0.15) is 6.10 Å². The van der Waals surface area contributed by atoms with Gasteiger partial charge >= 0.3 is 5.97 Å². The lowest BCUT2D eigenvalue weighted by atomic mass is 10.0. The van der Waals surface area contributed by atoms with E-state index >= 15 is 0 Å². The van der Waals surface area contributed by atoms with Gasteiger partial charge in [0.2, 0.25) is 0 Å². The highest BCUT2D eigenvalue weighted by molar-refractivity contribution is 5.95. The van der Waals surface area contributed by atoms with E-state index in [-0.39, 0.29) is 12.1 Å². The van der Waals surface area contributed by atoms with Crippen molar-refractivity contribution in [2.24, 2.45) is 0 Å². The summed E-state index contributed by atoms with van der Waals surface area (Å²) in [4.78, 5) is 11.7. The minimum atomic E-state index is -0.144. The molecule has 2 nitrogen and oxygen atoms in total. The fraction of sp³-hybridized carbons (Fsp3) is 0.400. The first-order valence-corrected chi connectivity index (χ1v) is 6.26. The number of ether oxygens (including phenoxy) is 1. The minimum Gasteiger partial charge on any atom is -0.459 e. The summed E-state index contributed by atoms with van der Waals surface area (Å²) >= 11 is 0. The maximum absolute atomic E-state index is 11.7. The Kier molecular flexibility index (Phi) is 3.97. The monoisotopic (exact) mass is 230 g/mol. The smallest absolute Gasteiger partial charge is 0.334 e. The third kappa shape index (κ3) is 3.19. The first kappa shape index (κ1) is 11.9. The number of rotatable bonds is 4. The Balaban J connectivity index is 2.03. The number of benzene rings is 1. The highest BCUT2D eigenvalue weighted by Gasteiger charge is 2.27. The molecular formula is C15H18O2. The molecule has 0 radical (unpaired) electrons. The highest BCUT2D eigenvalue weighted by atomic mass is 16.5. The standard InChI is InChI=1S/C15H18O2/c1-2-3-9-14-11-13(15(16)17-14)10-12-7-5-4-6-8-12/h4-8,10,14H,2-3,9,11H2,1H3/b13-10+. The number of unbranched alkanes of at least 4 members (excludes halogenated alkanes) is 1. The number of esters is 1. The second kappa shape index (κ2) is 5.67. The largest absolute Gasteiger partial charge is 0.459 e. The van der Waals surface area contributed by atoms with Crippen LogP contribution in [0.3, 0.4) is 0 Å². The molecular weight excluding hydrogens is 212 g/mol. The molecule has 2 rings (SSSR count). The van der Waals surface area contributed by atoms with Crippen molar-refractivity contribution in [2.75, 3.05) is 0 Å². The van der Waals surface area contributed by atoms with Gasteiger partial charge in [-0.25, -0.2) is 4.79 Å². The molecule has 1 aliphatic heterocycles. The Labute approximate surface area is 102 Å². The van der Waals surface area contributed by atoms with E-state index in [9.17, 15) is 4.79 Å². The number of carbonyl (C=O) groups is 1. The Morgan fingerprint density at radius 2 is 2.12 bits per heavy atom. The van der Waals surface area contributed by atoms with Gasteiger partial charge in [0, 0.05) is 12.0 Å². The highest BCUT2D eigenvalue weighted by Crippen LogP contribution is 2.25. The molecule has 1 atom stereocenters. The molecule has 0 N–H and O–H groups in total. The van der Waals surface area contributed by atoms with E-state index in [0.29, 0.717) is 0 Å². The van der Waals surface area contributed by atoms with E-state index in [4.69, 9.17) is 4.74 Å². The van der Waals surface area contributed by atoms with Crippen molar-refractivity contribution in [1.82, 2.24) is 0 Å². The molecule has 1 aromatic carbocycles. The molecule has 90 valence electrons. The maximum Gasteiger partial charge on any atom is 0.334 e. The number of carbonyl (C=O) groups excluding carboxylic acids is 1. The van der Waals surface area contributed by atoms with Crippen LogP contribution in [0.25, 0.3) is 6.08 Å². The Hall–Kier alpha value is -1.57. The van der Waals surface area contributed by atoms with Gasteiger partial charge in [-0.15, -0.1) is 0 Å². The van der Waals surface area contributed by atoms with Crippen LogP contribution in [0.4, 0.5) is 0 Å². The summed E-state index contributed by atoms with van der Waals surface area (Å²) in [6.45, 7) is 2.15. The predicted octanol–water partition coefficient (Wildman–Crippen LogP) is 3.58. The number of hydrogen-bond acceptors (Lipinski definition) is 2. The quantitative estimate of drug-likeness (QED) is 0.584. The summed E-state index contributed by atoms with van der Waals surface area (Å²) in [5.41, 5.74) is 1.87. The zero-order valence-corrected chi connectivity index (χ0v) is 10.2. The van der Waals surface area contributed by atoms with Crippen LogP contribution in [0.1, 0.15) is 38.2 Å². The third-order valence-corrected chi connectivity index (χ3v) is 3.00. The van der Waals surface area contributed by atoms with Gasteiger partial charge in [-0.05, 0) is 18.1 Å². The molecule has 1 saturated heterocycles. The molecule has 0 bridgehead atoms. The van der Waals surface area contributed by atoms with E-state index in [0.717, 1.165) is 36.8 Å². The van der Waals surface area contributed by atoms with Crippen LogP contribution in [-0.4, -0.2) is 12.1 Å².